The Labute approximate surface area is 119 Å². The maximum absolute atomic E-state index is 12.4. The zero-order chi connectivity index (χ0) is 14.6. The van der Waals surface area contributed by atoms with Crippen LogP contribution in [0.5, 0.6) is 0 Å². The van der Waals surface area contributed by atoms with Gasteiger partial charge in [-0.05, 0) is 24.6 Å². The van der Waals surface area contributed by atoms with Crippen LogP contribution in [0.1, 0.15) is 15.9 Å². The molecule has 1 aromatic carbocycles. The van der Waals surface area contributed by atoms with Crippen molar-refractivity contribution >= 4 is 29.1 Å². The maximum Gasteiger partial charge on any atom is 0.406 e. The van der Waals surface area contributed by atoms with Gasteiger partial charge in [0.1, 0.15) is 6.54 Å². The summed E-state index contributed by atoms with van der Waals surface area (Å²) in [6.45, 7) is 0.0817. The van der Waals surface area contributed by atoms with E-state index in [-0.39, 0.29) is 18.0 Å². The van der Waals surface area contributed by atoms with Gasteiger partial charge in [-0.2, -0.15) is 13.2 Å². The van der Waals surface area contributed by atoms with Gasteiger partial charge in [-0.3, -0.25) is 4.79 Å². The summed E-state index contributed by atoms with van der Waals surface area (Å²) in [6.07, 6.45) is -4.46. The summed E-state index contributed by atoms with van der Waals surface area (Å²) in [6, 6.07) is 4.54. The van der Waals surface area contributed by atoms with E-state index in [1.807, 2.05) is 0 Å². The van der Waals surface area contributed by atoms with Gasteiger partial charge in [-0.1, -0.05) is 17.7 Å². The largest absolute Gasteiger partial charge is 0.406 e. The molecule has 0 fully saturated rings. The Morgan fingerprint density at radius 2 is 2.00 bits per heavy atom. The first-order chi connectivity index (χ1) is 8.76. The van der Waals surface area contributed by atoms with Crippen molar-refractivity contribution < 1.29 is 18.0 Å². The molecule has 0 unspecified atom stereocenters. The van der Waals surface area contributed by atoms with E-state index in [4.69, 9.17) is 23.2 Å². The van der Waals surface area contributed by atoms with Crippen LogP contribution in [0.15, 0.2) is 18.2 Å². The van der Waals surface area contributed by atoms with Crippen molar-refractivity contribution in [2.24, 2.45) is 0 Å². The summed E-state index contributed by atoms with van der Waals surface area (Å²) in [5.41, 5.74) is 0.609. The third-order valence-electron chi connectivity index (χ3n) is 2.51. The highest BCUT2D eigenvalue weighted by atomic mass is 35.5. The molecule has 0 heterocycles. The quantitative estimate of drug-likeness (QED) is 0.772. The highest BCUT2D eigenvalue weighted by molar-refractivity contribution is 6.31. The molecule has 0 bridgehead atoms. The molecule has 0 atom stereocenters. The maximum atomic E-state index is 12.4. The fraction of sp³-hybridized carbons (Fsp3) is 0.417. The number of halogens is 5. The van der Waals surface area contributed by atoms with Crippen LogP contribution < -0.4 is 0 Å². The third-order valence-corrected chi connectivity index (χ3v) is 3.09. The average Bonchev–Trinajstić information content (AvgIpc) is 2.30. The molecule has 0 N–H and O–H groups in total. The Morgan fingerprint density at radius 1 is 1.37 bits per heavy atom. The van der Waals surface area contributed by atoms with Gasteiger partial charge in [0, 0.05) is 23.0 Å². The van der Waals surface area contributed by atoms with Crippen LogP contribution in [0.2, 0.25) is 5.02 Å². The number of amides is 1. The number of benzene rings is 1. The summed E-state index contributed by atoms with van der Waals surface area (Å²) >= 11 is 11.3. The Balaban J connectivity index is 3.02. The molecule has 1 rings (SSSR count). The summed E-state index contributed by atoms with van der Waals surface area (Å²) in [5.74, 6) is -0.792. The number of hydrogen-bond donors (Lipinski definition) is 0. The normalized spacial score (nSPS) is 11.5. The molecular formula is C12H12Cl2F3NO. The lowest BCUT2D eigenvalue weighted by molar-refractivity contribution is -0.140. The molecule has 0 aliphatic heterocycles. The smallest absolute Gasteiger partial charge is 0.328 e. The highest BCUT2D eigenvalue weighted by Gasteiger charge is 2.33. The average molecular weight is 314 g/mol. The minimum Gasteiger partial charge on any atom is -0.328 e. The van der Waals surface area contributed by atoms with Crippen LogP contribution in [0, 0.1) is 6.92 Å². The molecule has 0 saturated heterocycles. The van der Waals surface area contributed by atoms with Crippen molar-refractivity contribution in [2.45, 2.75) is 13.1 Å². The van der Waals surface area contributed by atoms with Crippen LogP contribution in [-0.2, 0) is 0 Å². The SMILES string of the molecule is Cc1c(Cl)cccc1C(=O)N(CCCl)CC(F)(F)F. The van der Waals surface area contributed by atoms with E-state index in [2.05, 4.69) is 0 Å². The predicted molar refractivity (Wildman–Crippen MR) is 68.9 cm³/mol. The van der Waals surface area contributed by atoms with E-state index in [1.54, 1.807) is 13.0 Å². The van der Waals surface area contributed by atoms with Crippen LogP contribution in [0.3, 0.4) is 0 Å². The molecule has 0 aliphatic carbocycles. The van der Waals surface area contributed by atoms with Gasteiger partial charge in [0.25, 0.3) is 5.91 Å². The number of carbonyl (C=O) groups excluding carboxylic acids is 1. The summed E-state index contributed by atoms with van der Waals surface area (Å²) < 4.78 is 37.3. The van der Waals surface area contributed by atoms with E-state index >= 15 is 0 Å². The standard InChI is InChI=1S/C12H12Cl2F3NO/c1-8-9(3-2-4-10(8)14)11(19)18(6-5-13)7-12(15,16)17/h2-4H,5-7H2,1H3. The van der Waals surface area contributed by atoms with Crippen LogP contribution in [-0.4, -0.2) is 36.0 Å². The Morgan fingerprint density at radius 3 is 2.53 bits per heavy atom. The minimum atomic E-state index is -4.46. The molecule has 106 valence electrons. The van der Waals surface area contributed by atoms with Gasteiger partial charge in [0.2, 0.25) is 0 Å². The van der Waals surface area contributed by atoms with Crippen molar-refractivity contribution in [2.75, 3.05) is 19.0 Å². The molecule has 19 heavy (non-hydrogen) atoms. The van der Waals surface area contributed by atoms with Gasteiger partial charge in [-0.25, -0.2) is 0 Å². The summed E-state index contributed by atoms with van der Waals surface area (Å²) in [7, 11) is 0. The van der Waals surface area contributed by atoms with Crippen molar-refractivity contribution in [3.63, 3.8) is 0 Å². The second-order valence-electron chi connectivity index (χ2n) is 3.94. The molecule has 0 saturated carbocycles. The number of carbonyl (C=O) groups is 1. The molecule has 7 heteroatoms. The molecule has 0 radical (unpaired) electrons. The zero-order valence-electron chi connectivity index (χ0n) is 10.1. The molecule has 2 nitrogen and oxygen atoms in total. The first-order valence-electron chi connectivity index (χ1n) is 5.43. The van der Waals surface area contributed by atoms with Crippen molar-refractivity contribution in [1.29, 1.82) is 0 Å². The van der Waals surface area contributed by atoms with E-state index in [0.717, 1.165) is 0 Å². The fourth-order valence-corrected chi connectivity index (χ4v) is 1.96. The van der Waals surface area contributed by atoms with Gasteiger partial charge in [-0.15, -0.1) is 11.6 Å². The van der Waals surface area contributed by atoms with Crippen LogP contribution in [0.4, 0.5) is 13.2 Å². The Kier molecular flexibility index (Phi) is 5.50. The Bertz CT molecular complexity index is 463. The first kappa shape index (κ1) is 16.1. The lowest BCUT2D eigenvalue weighted by atomic mass is 10.1. The third kappa shape index (κ3) is 4.58. The van der Waals surface area contributed by atoms with Gasteiger partial charge < -0.3 is 4.90 Å². The fourth-order valence-electron chi connectivity index (χ4n) is 1.58. The van der Waals surface area contributed by atoms with E-state index in [0.29, 0.717) is 15.5 Å². The lowest BCUT2D eigenvalue weighted by Crippen LogP contribution is -2.40. The van der Waals surface area contributed by atoms with Crippen molar-refractivity contribution in [1.82, 2.24) is 4.90 Å². The van der Waals surface area contributed by atoms with Gasteiger partial charge >= 0.3 is 6.18 Å². The first-order valence-corrected chi connectivity index (χ1v) is 6.34. The van der Waals surface area contributed by atoms with Crippen molar-refractivity contribution in [3.8, 4) is 0 Å². The highest BCUT2D eigenvalue weighted by Crippen LogP contribution is 2.22. The van der Waals surface area contributed by atoms with Crippen molar-refractivity contribution in [3.05, 3.63) is 34.3 Å². The van der Waals surface area contributed by atoms with Gasteiger partial charge in [0.15, 0.2) is 0 Å². The van der Waals surface area contributed by atoms with E-state index in [9.17, 15) is 18.0 Å². The monoisotopic (exact) mass is 313 g/mol. The van der Waals surface area contributed by atoms with Gasteiger partial charge in [0.05, 0.1) is 0 Å². The van der Waals surface area contributed by atoms with E-state index in [1.165, 1.54) is 12.1 Å². The second-order valence-corrected chi connectivity index (χ2v) is 4.73. The lowest BCUT2D eigenvalue weighted by Gasteiger charge is -2.24. The molecule has 1 amide bonds. The Hall–Kier alpha value is -0.940. The zero-order valence-corrected chi connectivity index (χ0v) is 11.6. The second kappa shape index (κ2) is 6.48. The number of rotatable bonds is 4. The molecule has 0 spiro atoms. The topological polar surface area (TPSA) is 20.3 Å². The summed E-state index contributed by atoms with van der Waals surface area (Å²) in [5, 5.41) is 0.337. The number of alkyl halides is 4. The molecule has 0 aromatic heterocycles. The minimum absolute atomic E-state index is 0.0680. The van der Waals surface area contributed by atoms with E-state index < -0.39 is 18.6 Å². The predicted octanol–water partition coefficient (Wildman–Crippen LogP) is 3.89. The van der Waals surface area contributed by atoms with Crippen LogP contribution in [0.25, 0.3) is 0 Å². The number of hydrogen-bond acceptors (Lipinski definition) is 1. The molecule has 0 aliphatic rings. The number of nitrogens with zero attached hydrogens (tertiary/aromatic N) is 1. The summed E-state index contributed by atoms with van der Waals surface area (Å²) in [4.78, 5) is 12.8. The molecule has 1 aromatic rings. The molecular weight excluding hydrogens is 302 g/mol. The van der Waals surface area contributed by atoms with Crippen LogP contribution >= 0.6 is 23.2 Å².